The van der Waals surface area contributed by atoms with E-state index in [9.17, 15) is 4.79 Å². The number of rotatable bonds is 3. The van der Waals surface area contributed by atoms with Crippen LogP contribution in [0.2, 0.25) is 0 Å². The molecule has 2 aliphatic rings. The summed E-state index contributed by atoms with van der Waals surface area (Å²) in [5.41, 5.74) is 1.06. The number of nitrogens with zero attached hydrogens (tertiary/aromatic N) is 2. The topological polar surface area (TPSA) is 54.5 Å². The second kappa shape index (κ2) is 6.96. The molecule has 2 fully saturated rings. The summed E-state index contributed by atoms with van der Waals surface area (Å²) in [4.78, 5) is 19.9. The van der Waals surface area contributed by atoms with Crippen LogP contribution in [0.5, 0.6) is 0 Å². The van der Waals surface area contributed by atoms with Crippen molar-refractivity contribution in [3.05, 3.63) is 15.6 Å². The van der Waals surface area contributed by atoms with Crippen LogP contribution in [0, 0.1) is 19.8 Å². The van der Waals surface area contributed by atoms with Crippen molar-refractivity contribution in [3.63, 3.8) is 0 Å². The molecule has 22 heavy (non-hydrogen) atoms. The Morgan fingerprint density at radius 2 is 2.14 bits per heavy atom. The highest BCUT2D eigenvalue weighted by molar-refractivity contribution is 7.11. The molecule has 0 spiro atoms. The van der Waals surface area contributed by atoms with E-state index in [1.54, 1.807) is 11.3 Å². The van der Waals surface area contributed by atoms with Gasteiger partial charge in [0.25, 0.3) is 0 Å². The first-order valence-electron chi connectivity index (χ1n) is 8.21. The Kier molecular flexibility index (Phi) is 4.98. The highest BCUT2D eigenvalue weighted by atomic mass is 32.1. The fraction of sp³-hybridized carbons (Fsp3) is 0.750. The van der Waals surface area contributed by atoms with E-state index in [1.807, 2.05) is 11.8 Å². The number of aromatic nitrogens is 1. The van der Waals surface area contributed by atoms with Crippen molar-refractivity contribution in [3.8, 4) is 0 Å². The molecule has 0 radical (unpaired) electrons. The molecule has 2 amide bonds. The van der Waals surface area contributed by atoms with Crippen LogP contribution in [0.1, 0.15) is 41.3 Å². The first-order valence-corrected chi connectivity index (χ1v) is 9.02. The summed E-state index contributed by atoms with van der Waals surface area (Å²) in [5.74, 6) is 0.635. The number of thiazole rings is 1. The van der Waals surface area contributed by atoms with Crippen LogP contribution in [0.4, 0.5) is 4.79 Å². The molecule has 1 aromatic heterocycles. The Morgan fingerprint density at radius 1 is 1.36 bits per heavy atom. The van der Waals surface area contributed by atoms with E-state index in [2.05, 4.69) is 17.2 Å². The molecule has 2 saturated heterocycles. The van der Waals surface area contributed by atoms with E-state index in [1.165, 1.54) is 17.7 Å². The Hall–Kier alpha value is -1.14. The zero-order valence-electron chi connectivity index (χ0n) is 13.4. The summed E-state index contributed by atoms with van der Waals surface area (Å²) in [6.45, 7) is 7.20. The summed E-state index contributed by atoms with van der Waals surface area (Å²) in [6, 6.07) is 0.0382. The lowest BCUT2D eigenvalue weighted by molar-refractivity contribution is 0.0372. The first kappa shape index (κ1) is 15.7. The van der Waals surface area contributed by atoms with Gasteiger partial charge >= 0.3 is 6.03 Å². The number of ether oxygens (including phenoxy) is 1. The van der Waals surface area contributed by atoms with Crippen molar-refractivity contribution in [2.45, 2.75) is 52.2 Å². The molecule has 122 valence electrons. The second-order valence-electron chi connectivity index (χ2n) is 6.28. The van der Waals surface area contributed by atoms with Crippen molar-refractivity contribution in [1.29, 1.82) is 0 Å². The first-order chi connectivity index (χ1) is 10.6. The van der Waals surface area contributed by atoms with Gasteiger partial charge in [0.15, 0.2) is 0 Å². The van der Waals surface area contributed by atoms with Crippen LogP contribution in [0.3, 0.4) is 0 Å². The van der Waals surface area contributed by atoms with Crippen molar-refractivity contribution in [2.75, 3.05) is 19.7 Å². The zero-order chi connectivity index (χ0) is 15.5. The molecule has 0 aromatic carbocycles. The van der Waals surface area contributed by atoms with Crippen LogP contribution >= 0.6 is 11.3 Å². The number of piperidine rings is 1. The number of hydrogen-bond acceptors (Lipinski definition) is 4. The molecule has 0 unspecified atom stereocenters. The second-order valence-corrected chi connectivity index (χ2v) is 7.57. The molecule has 1 aromatic rings. The standard InChI is InChI=1S/C16H25N3O2S/c1-11-12(2)22-15(18-11)10-17-16(20)19-7-5-13(6-8-19)14-4-3-9-21-14/h13-14H,3-10H2,1-2H3,(H,17,20)/t14-/m1/s1. The average Bonchev–Trinajstić information content (AvgIpc) is 3.16. The SMILES string of the molecule is Cc1nc(CNC(=O)N2CCC([C@H]3CCCO3)CC2)sc1C. The summed E-state index contributed by atoms with van der Waals surface area (Å²) >= 11 is 1.66. The van der Waals surface area contributed by atoms with Crippen molar-refractivity contribution >= 4 is 17.4 Å². The Balaban J connectivity index is 1.43. The molecule has 0 bridgehead atoms. The van der Waals surface area contributed by atoms with Crippen LogP contribution in [0.15, 0.2) is 0 Å². The highest BCUT2D eigenvalue weighted by Gasteiger charge is 2.30. The van der Waals surface area contributed by atoms with E-state index in [0.29, 0.717) is 18.6 Å². The van der Waals surface area contributed by atoms with Gasteiger partial charge in [-0.05, 0) is 45.4 Å². The zero-order valence-corrected chi connectivity index (χ0v) is 14.2. The molecule has 0 aliphatic carbocycles. The van der Waals surface area contributed by atoms with Crippen LogP contribution < -0.4 is 5.32 Å². The minimum Gasteiger partial charge on any atom is -0.378 e. The predicted octanol–water partition coefficient (Wildman–Crippen LogP) is 2.86. The summed E-state index contributed by atoms with van der Waals surface area (Å²) in [6.07, 6.45) is 4.95. The smallest absolute Gasteiger partial charge is 0.317 e. The summed E-state index contributed by atoms with van der Waals surface area (Å²) < 4.78 is 5.78. The third-order valence-corrected chi connectivity index (χ3v) is 5.85. The third-order valence-electron chi connectivity index (χ3n) is 4.78. The van der Waals surface area contributed by atoms with E-state index in [4.69, 9.17) is 4.74 Å². The number of nitrogens with one attached hydrogen (secondary N) is 1. The predicted molar refractivity (Wildman–Crippen MR) is 87.1 cm³/mol. The largest absolute Gasteiger partial charge is 0.378 e. The number of urea groups is 1. The fourth-order valence-electron chi connectivity index (χ4n) is 3.33. The van der Waals surface area contributed by atoms with Crippen LogP contribution in [0.25, 0.3) is 0 Å². The molecular formula is C16H25N3O2S. The monoisotopic (exact) mass is 323 g/mol. The van der Waals surface area contributed by atoms with Gasteiger partial charge in [0, 0.05) is 24.6 Å². The Labute approximate surface area is 136 Å². The van der Waals surface area contributed by atoms with Crippen molar-refractivity contribution < 1.29 is 9.53 Å². The van der Waals surface area contributed by atoms with E-state index in [0.717, 1.165) is 43.2 Å². The van der Waals surface area contributed by atoms with E-state index < -0.39 is 0 Å². The van der Waals surface area contributed by atoms with E-state index in [-0.39, 0.29) is 6.03 Å². The Morgan fingerprint density at radius 3 is 2.73 bits per heavy atom. The lowest BCUT2D eigenvalue weighted by Crippen LogP contribution is -2.45. The fourth-order valence-corrected chi connectivity index (χ4v) is 4.20. The maximum absolute atomic E-state index is 12.3. The molecule has 5 nitrogen and oxygen atoms in total. The van der Waals surface area contributed by atoms with Crippen molar-refractivity contribution in [1.82, 2.24) is 15.2 Å². The number of carbonyl (C=O) groups is 1. The average molecular weight is 323 g/mol. The minimum absolute atomic E-state index is 0.0382. The molecule has 6 heteroatoms. The molecule has 2 aliphatic heterocycles. The van der Waals surface area contributed by atoms with Gasteiger partial charge in [0.2, 0.25) is 0 Å². The quantitative estimate of drug-likeness (QED) is 0.930. The van der Waals surface area contributed by atoms with Gasteiger partial charge in [0.05, 0.1) is 18.3 Å². The molecule has 1 atom stereocenters. The molecule has 3 rings (SSSR count). The number of aryl methyl sites for hydroxylation is 2. The van der Waals surface area contributed by atoms with Gasteiger partial charge in [-0.1, -0.05) is 0 Å². The molecule has 3 heterocycles. The third kappa shape index (κ3) is 3.60. The maximum Gasteiger partial charge on any atom is 0.317 e. The highest BCUT2D eigenvalue weighted by Crippen LogP contribution is 2.28. The lowest BCUT2D eigenvalue weighted by Gasteiger charge is -2.34. The van der Waals surface area contributed by atoms with Crippen LogP contribution in [-0.2, 0) is 11.3 Å². The molecular weight excluding hydrogens is 298 g/mol. The summed E-state index contributed by atoms with van der Waals surface area (Å²) in [5, 5.41) is 3.98. The number of hydrogen-bond donors (Lipinski definition) is 1. The van der Waals surface area contributed by atoms with E-state index >= 15 is 0 Å². The number of likely N-dealkylation sites (tertiary alicyclic amines) is 1. The Bertz CT molecular complexity index is 498. The van der Waals surface area contributed by atoms with Gasteiger partial charge in [0.1, 0.15) is 5.01 Å². The summed E-state index contributed by atoms with van der Waals surface area (Å²) in [7, 11) is 0. The lowest BCUT2D eigenvalue weighted by atomic mass is 9.90. The maximum atomic E-state index is 12.3. The minimum atomic E-state index is 0.0382. The van der Waals surface area contributed by atoms with Gasteiger partial charge < -0.3 is 15.0 Å². The number of amides is 2. The van der Waals surface area contributed by atoms with Gasteiger partial charge in [-0.2, -0.15) is 0 Å². The van der Waals surface area contributed by atoms with Crippen molar-refractivity contribution in [2.24, 2.45) is 5.92 Å². The molecule has 1 N–H and O–H groups in total. The van der Waals surface area contributed by atoms with Gasteiger partial charge in [-0.15, -0.1) is 11.3 Å². The van der Waals surface area contributed by atoms with Crippen LogP contribution in [-0.4, -0.2) is 41.7 Å². The normalized spacial score (nSPS) is 23.0. The van der Waals surface area contributed by atoms with Gasteiger partial charge in [-0.3, -0.25) is 0 Å². The van der Waals surface area contributed by atoms with Gasteiger partial charge in [-0.25, -0.2) is 9.78 Å². The number of carbonyl (C=O) groups excluding carboxylic acids is 1. The molecule has 0 saturated carbocycles.